The molecule has 90 valence electrons. The molecule has 6 heteroatoms. The Morgan fingerprint density at radius 3 is 2.82 bits per heavy atom. The smallest absolute Gasteiger partial charge is 0.287 e. The predicted octanol–water partition coefficient (Wildman–Crippen LogP) is 1.65. The lowest BCUT2D eigenvalue weighted by molar-refractivity contribution is -0.385. The molecule has 0 saturated heterocycles. The second-order valence-electron chi connectivity index (χ2n) is 3.46. The van der Waals surface area contributed by atoms with Gasteiger partial charge in [-0.05, 0) is 25.0 Å². The van der Waals surface area contributed by atoms with E-state index in [0.717, 1.165) is 6.42 Å². The number of hydrogen-bond donors (Lipinski definition) is 2. The highest BCUT2D eigenvalue weighted by Crippen LogP contribution is 2.21. The topological polar surface area (TPSA) is 99.2 Å². The summed E-state index contributed by atoms with van der Waals surface area (Å²) in [5.74, 6) is 0. The van der Waals surface area contributed by atoms with Crippen LogP contribution in [0.2, 0.25) is 0 Å². The first-order chi connectivity index (χ1) is 8.19. The summed E-state index contributed by atoms with van der Waals surface area (Å²) in [5.41, 5.74) is 0.528. The van der Waals surface area contributed by atoms with E-state index in [0.29, 0.717) is 18.7 Å². The number of aliphatic hydroxyl groups is 1. The molecule has 2 N–H and O–H groups in total. The molecular weight excluding hydrogens is 222 g/mol. The highest BCUT2D eigenvalue weighted by Gasteiger charge is 2.13. The second kappa shape index (κ2) is 6.45. The van der Waals surface area contributed by atoms with Crippen LogP contribution in [0.4, 0.5) is 11.4 Å². The van der Waals surface area contributed by atoms with Crippen molar-refractivity contribution in [2.45, 2.75) is 12.8 Å². The summed E-state index contributed by atoms with van der Waals surface area (Å²) in [5, 5.41) is 31.0. The maximum Gasteiger partial charge on any atom is 0.287 e. The molecule has 0 bridgehead atoms. The van der Waals surface area contributed by atoms with Crippen molar-refractivity contribution < 1.29 is 10.0 Å². The summed E-state index contributed by atoms with van der Waals surface area (Å²) in [4.78, 5) is 10.0. The van der Waals surface area contributed by atoms with Gasteiger partial charge in [-0.25, -0.2) is 0 Å². The number of nitriles is 1. The van der Waals surface area contributed by atoms with Crippen molar-refractivity contribution >= 4 is 11.4 Å². The molecule has 1 aromatic rings. The Kier molecular flexibility index (Phi) is 4.91. The first kappa shape index (κ1) is 12.9. The first-order valence-corrected chi connectivity index (χ1v) is 5.22. The maximum absolute atomic E-state index is 10.6. The third-order valence-electron chi connectivity index (χ3n) is 2.23. The molecule has 0 heterocycles. The molecule has 0 saturated carbocycles. The van der Waals surface area contributed by atoms with Gasteiger partial charge in [0.1, 0.15) is 11.6 Å². The molecule has 0 aliphatic heterocycles. The molecule has 6 nitrogen and oxygen atoms in total. The molecule has 0 spiro atoms. The van der Waals surface area contributed by atoms with Crippen molar-refractivity contribution in [1.82, 2.24) is 0 Å². The molecule has 0 aliphatic rings. The Labute approximate surface area is 98.6 Å². The highest BCUT2D eigenvalue weighted by atomic mass is 16.6. The van der Waals surface area contributed by atoms with Crippen LogP contribution >= 0.6 is 0 Å². The molecule has 0 atom stereocenters. The van der Waals surface area contributed by atoms with Crippen LogP contribution in [0.1, 0.15) is 18.4 Å². The summed E-state index contributed by atoms with van der Waals surface area (Å²) < 4.78 is 0. The van der Waals surface area contributed by atoms with Crippen LogP contribution in [0.3, 0.4) is 0 Å². The molecule has 0 fully saturated rings. The minimum atomic E-state index is -0.575. The van der Waals surface area contributed by atoms with Crippen molar-refractivity contribution in [1.29, 1.82) is 5.26 Å². The van der Waals surface area contributed by atoms with E-state index in [1.807, 2.05) is 0 Å². The maximum atomic E-state index is 10.6. The average molecular weight is 235 g/mol. The van der Waals surface area contributed by atoms with Gasteiger partial charge in [-0.15, -0.1) is 0 Å². The van der Waals surface area contributed by atoms with E-state index in [9.17, 15) is 10.1 Å². The fraction of sp³-hybridized carbons (Fsp3) is 0.364. The van der Waals surface area contributed by atoms with Gasteiger partial charge in [0.15, 0.2) is 0 Å². The zero-order valence-corrected chi connectivity index (χ0v) is 9.22. The third-order valence-corrected chi connectivity index (χ3v) is 2.23. The summed E-state index contributed by atoms with van der Waals surface area (Å²) in [6, 6.07) is 6.13. The molecule has 1 rings (SSSR count). The number of unbranched alkanes of at least 4 members (excludes halogenated alkanes) is 1. The summed E-state index contributed by atoms with van der Waals surface area (Å²) in [7, 11) is 0. The van der Waals surface area contributed by atoms with Crippen molar-refractivity contribution in [3.63, 3.8) is 0 Å². The van der Waals surface area contributed by atoms with Crippen molar-refractivity contribution in [3.8, 4) is 6.07 Å². The molecule has 0 unspecified atom stereocenters. The van der Waals surface area contributed by atoms with Crippen molar-refractivity contribution in [2.24, 2.45) is 0 Å². The number of benzene rings is 1. The van der Waals surface area contributed by atoms with Crippen LogP contribution in [0.5, 0.6) is 0 Å². The lowest BCUT2D eigenvalue weighted by Crippen LogP contribution is -2.03. The minimum absolute atomic E-state index is 0.0437. The van der Waals surface area contributed by atoms with Crippen LogP contribution in [0.25, 0.3) is 0 Å². The SMILES string of the molecule is N#Cc1cc(NCCCCO)ccc1[N+](=O)[O-]. The predicted molar refractivity (Wildman–Crippen MR) is 62.6 cm³/mol. The molecule has 17 heavy (non-hydrogen) atoms. The van der Waals surface area contributed by atoms with Crippen molar-refractivity contribution in [2.75, 3.05) is 18.5 Å². The number of hydrogen-bond acceptors (Lipinski definition) is 5. The third kappa shape index (κ3) is 3.74. The Balaban J connectivity index is 2.70. The number of aliphatic hydroxyl groups excluding tert-OH is 1. The normalized spacial score (nSPS) is 9.65. The summed E-state index contributed by atoms with van der Waals surface area (Å²) >= 11 is 0. The van der Waals surface area contributed by atoms with Crippen LogP contribution < -0.4 is 5.32 Å². The van der Waals surface area contributed by atoms with Crippen LogP contribution in [-0.2, 0) is 0 Å². The van der Waals surface area contributed by atoms with Gasteiger partial charge in [-0.2, -0.15) is 5.26 Å². The molecule has 0 aliphatic carbocycles. The zero-order valence-electron chi connectivity index (χ0n) is 9.22. The highest BCUT2D eigenvalue weighted by molar-refractivity contribution is 5.58. The zero-order chi connectivity index (χ0) is 12.7. The number of nitro benzene ring substituents is 1. The van der Waals surface area contributed by atoms with Gasteiger partial charge in [-0.3, -0.25) is 10.1 Å². The Morgan fingerprint density at radius 1 is 1.47 bits per heavy atom. The quantitative estimate of drug-likeness (QED) is 0.443. The van der Waals surface area contributed by atoms with E-state index in [-0.39, 0.29) is 17.9 Å². The van der Waals surface area contributed by atoms with Gasteiger partial charge < -0.3 is 10.4 Å². The van der Waals surface area contributed by atoms with E-state index in [1.165, 1.54) is 12.1 Å². The van der Waals surface area contributed by atoms with Crippen LogP contribution in [-0.4, -0.2) is 23.2 Å². The monoisotopic (exact) mass is 235 g/mol. The van der Waals surface area contributed by atoms with E-state index in [1.54, 1.807) is 12.1 Å². The molecule has 0 amide bonds. The fourth-order valence-electron chi connectivity index (χ4n) is 1.36. The van der Waals surface area contributed by atoms with E-state index in [4.69, 9.17) is 10.4 Å². The molecule has 0 radical (unpaired) electrons. The fourth-order valence-corrected chi connectivity index (χ4v) is 1.36. The van der Waals surface area contributed by atoms with Gasteiger partial charge in [0.2, 0.25) is 0 Å². The van der Waals surface area contributed by atoms with Gasteiger partial charge in [0.05, 0.1) is 4.92 Å². The molecule has 1 aromatic carbocycles. The standard InChI is InChI=1S/C11H13N3O3/c12-8-9-7-10(13-5-1-2-6-15)3-4-11(9)14(16)17/h3-4,7,13,15H,1-2,5-6H2. The average Bonchev–Trinajstić information content (AvgIpc) is 2.34. The Morgan fingerprint density at radius 2 is 2.24 bits per heavy atom. The lowest BCUT2D eigenvalue weighted by Gasteiger charge is -2.05. The largest absolute Gasteiger partial charge is 0.396 e. The Hall–Kier alpha value is -2.13. The van der Waals surface area contributed by atoms with Gasteiger partial charge in [0.25, 0.3) is 5.69 Å². The molecular formula is C11H13N3O3. The Bertz CT molecular complexity index is 440. The first-order valence-electron chi connectivity index (χ1n) is 5.22. The summed E-state index contributed by atoms with van der Waals surface area (Å²) in [6.07, 6.45) is 1.50. The number of rotatable bonds is 6. The van der Waals surface area contributed by atoms with E-state index >= 15 is 0 Å². The minimum Gasteiger partial charge on any atom is -0.396 e. The number of nitrogens with zero attached hydrogens (tertiary/aromatic N) is 2. The van der Waals surface area contributed by atoms with Crippen molar-refractivity contribution in [3.05, 3.63) is 33.9 Å². The van der Waals surface area contributed by atoms with Gasteiger partial charge in [0, 0.05) is 24.9 Å². The number of nitro groups is 1. The van der Waals surface area contributed by atoms with E-state index < -0.39 is 4.92 Å². The van der Waals surface area contributed by atoms with Gasteiger partial charge >= 0.3 is 0 Å². The van der Waals surface area contributed by atoms with E-state index in [2.05, 4.69) is 5.32 Å². The lowest BCUT2D eigenvalue weighted by atomic mass is 10.1. The molecule has 0 aromatic heterocycles. The van der Waals surface area contributed by atoms with Crippen LogP contribution in [0.15, 0.2) is 18.2 Å². The number of nitrogens with one attached hydrogen (secondary N) is 1. The van der Waals surface area contributed by atoms with Gasteiger partial charge in [-0.1, -0.05) is 0 Å². The van der Waals surface area contributed by atoms with Crippen LogP contribution in [0, 0.1) is 21.4 Å². The summed E-state index contributed by atoms with van der Waals surface area (Å²) in [6.45, 7) is 0.800. The second-order valence-corrected chi connectivity index (χ2v) is 3.46. The number of anilines is 1.